The average molecular weight is 286 g/mol. The molecule has 6 nitrogen and oxygen atoms in total. The van der Waals surface area contributed by atoms with Gasteiger partial charge in [-0.25, -0.2) is 13.4 Å². The van der Waals surface area contributed by atoms with Crippen molar-refractivity contribution in [3.8, 4) is 0 Å². The number of aryl methyl sites for hydroxylation is 1. The normalized spacial score (nSPS) is 12.2. The summed E-state index contributed by atoms with van der Waals surface area (Å²) in [6.07, 6.45) is 2.20. The van der Waals surface area contributed by atoms with Crippen LogP contribution in [0.3, 0.4) is 0 Å². The molecule has 0 amide bonds. The molecular formula is C10H14N4O2S2. The molecule has 0 aliphatic rings. The standard InChI is InChI=1S/C10H14N4O2S2/c1-3-8-4-5-10(17-8)18(15,16)14(2)6-9-11-7-12-13-9/h4-5,7H,3,6H2,1-2H3,(H,11,12,13). The zero-order valence-electron chi connectivity index (χ0n) is 10.1. The maximum atomic E-state index is 12.3. The molecule has 2 aromatic rings. The molecule has 1 N–H and O–H groups in total. The Morgan fingerprint density at radius 3 is 2.78 bits per heavy atom. The molecule has 0 saturated heterocycles. The Hall–Kier alpha value is -1.25. The van der Waals surface area contributed by atoms with Gasteiger partial charge in [-0.05, 0) is 18.6 Å². The Morgan fingerprint density at radius 2 is 2.22 bits per heavy atom. The van der Waals surface area contributed by atoms with Crippen LogP contribution in [-0.4, -0.2) is 35.0 Å². The van der Waals surface area contributed by atoms with E-state index in [1.54, 1.807) is 6.07 Å². The van der Waals surface area contributed by atoms with E-state index >= 15 is 0 Å². The lowest BCUT2D eigenvalue weighted by Gasteiger charge is -2.14. The van der Waals surface area contributed by atoms with E-state index in [4.69, 9.17) is 0 Å². The molecular weight excluding hydrogens is 272 g/mol. The number of hydrogen-bond donors (Lipinski definition) is 1. The Bertz CT molecular complexity index is 604. The van der Waals surface area contributed by atoms with Gasteiger partial charge in [0, 0.05) is 11.9 Å². The Morgan fingerprint density at radius 1 is 1.44 bits per heavy atom. The van der Waals surface area contributed by atoms with E-state index in [2.05, 4.69) is 15.2 Å². The fraction of sp³-hybridized carbons (Fsp3) is 0.400. The largest absolute Gasteiger partial charge is 0.262 e. The third kappa shape index (κ3) is 2.60. The highest BCUT2D eigenvalue weighted by atomic mass is 32.2. The molecule has 0 atom stereocenters. The molecule has 0 fully saturated rings. The third-order valence-electron chi connectivity index (χ3n) is 2.49. The van der Waals surface area contributed by atoms with Crippen LogP contribution in [0.2, 0.25) is 0 Å². The van der Waals surface area contributed by atoms with Crippen molar-refractivity contribution in [1.82, 2.24) is 19.5 Å². The van der Waals surface area contributed by atoms with Gasteiger partial charge in [0.2, 0.25) is 0 Å². The third-order valence-corrected chi connectivity index (χ3v) is 5.99. The van der Waals surface area contributed by atoms with Gasteiger partial charge in [-0.15, -0.1) is 11.3 Å². The van der Waals surface area contributed by atoms with Crippen LogP contribution in [0.5, 0.6) is 0 Å². The van der Waals surface area contributed by atoms with Crippen LogP contribution in [0.25, 0.3) is 0 Å². The fourth-order valence-electron chi connectivity index (χ4n) is 1.44. The molecule has 0 saturated carbocycles. The summed E-state index contributed by atoms with van der Waals surface area (Å²) in [6, 6.07) is 3.50. The number of nitrogens with one attached hydrogen (secondary N) is 1. The SMILES string of the molecule is CCc1ccc(S(=O)(=O)N(C)Cc2ncn[nH]2)s1. The van der Waals surface area contributed by atoms with Crippen molar-refractivity contribution in [3.05, 3.63) is 29.2 Å². The van der Waals surface area contributed by atoms with Gasteiger partial charge in [0.05, 0.1) is 6.54 Å². The Balaban J connectivity index is 2.19. The van der Waals surface area contributed by atoms with E-state index in [0.29, 0.717) is 10.0 Å². The van der Waals surface area contributed by atoms with Crippen molar-refractivity contribution in [2.24, 2.45) is 0 Å². The van der Waals surface area contributed by atoms with Gasteiger partial charge in [0.1, 0.15) is 16.4 Å². The monoisotopic (exact) mass is 286 g/mol. The number of rotatable bonds is 5. The number of sulfonamides is 1. The van der Waals surface area contributed by atoms with Gasteiger partial charge in [-0.3, -0.25) is 5.10 Å². The van der Waals surface area contributed by atoms with Crippen LogP contribution < -0.4 is 0 Å². The van der Waals surface area contributed by atoms with Gasteiger partial charge in [-0.2, -0.15) is 9.40 Å². The van der Waals surface area contributed by atoms with E-state index < -0.39 is 10.0 Å². The second-order valence-electron chi connectivity index (χ2n) is 3.77. The van der Waals surface area contributed by atoms with Crippen molar-refractivity contribution >= 4 is 21.4 Å². The molecule has 0 aliphatic heterocycles. The van der Waals surface area contributed by atoms with Gasteiger partial charge < -0.3 is 0 Å². The number of H-pyrrole nitrogens is 1. The van der Waals surface area contributed by atoms with Crippen molar-refractivity contribution in [2.45, 2.75) is 24.1 Å². The smallest absolute Gasteiger partial charge is 0.252 e. The molecule has 0 spiro atoms. The molecule has 98 valence electrons. The molecule has 0 aliphatic carbocycles. The summed E-state index contributed by atoms with van der Waals surface area (Å²) in [7, 11) is -1.91. The van der Waals surface area contributed by atoms with E-state index in [0.717, 1.165) is 11.3 Å². The maximum absolute atomic E-state index is 12.3. The molecule has 2 heterocycles. The lowest BCUT2D eigenvalue weighted by atomic mass is 10.4. The van der Waals surface area contributed by atoms with Gasteiger partial charge in [-0.1, -0.05) is 6.92 Å². The molecule has 0 unspecified atom stereocenters. The fourth-order valence-corrected chi connectivity index (χ4v) is 4.08. The summed E-state index contributed by atoms with van der Waals surface area (Å²) in [6.45, 7) is 2.18. The van der Waals surface area contributed by atoms with Crippen LogP contribution >= 0.6 is 11.3 Å². The first kappa shape index (κ1) is 13.2. The second-order valence-corrected chi connectivity index (χ2v) is 7.21. The minimum Gasteiger partial charge on any atom is -0.262 e. The van der Waals surface area contributed by atoms with Crippen molar-refractivity contribution in [3.63, 3.8) is 0 Å². The zero-order valence-corrected chi connectivity index (χ0v) is 11.8. The number of thiophene rings is 1. The van der Waals surface area contributed by atoms with E-state index in [1.165, 1.54) is 29.0 Å². The van der Waals surface area contributed by atoms with Gasteiger partial charge in [0.25, 0.3) is 10.0 Å². The lowest BCUT2D eigenvalue weighted by molar-refractivity contribution is 0.459. The van der Waals surface area contributed by atoms with Crippen LogP contribution in [0, 0.1) is 0 Å². The van der Waals surface area contributed by atoms with Gasteiger partial charge in [0.15, 0.2) is 0 Å². The number of aromatic nitrogens is 3. The first-order valence-corrected chi connectivity index (χ1v) is 7.69. The summed E-state index contributed by atoms with van der Waals surface area (Å²) in [4.78, 5) is 4.97. The minimum absolute atomic E-state index is 0.182. The van der Waals surface area contributed by atoms with Crippen molar-refractivity contribution < 1.29 is 8.42 Å². The molecule has 0 aromatic carbocycles. The molecule has 2 aromatic heterocycles. The Labute approximate surface area is 110 Å². The summed E-state index contributed by atoms with van der Waals surface area (Å²) < 4.78 is 26.1. The number of nitrogens with zero attached hydrogens (tertiary/aromatic N) is 3. The summed E-state index contributed by atoms with van der Waals surface area (Å²) in [5, 5.41) is 6.34. The summed E-state index contributed by atoms with van der Waals surface area (Å²) >= 11 is 1.30. The highest BCUT2D eigenvalue weighted by Crippen LogP contribution is 2.25. The van der Waals surface area contributed by atoms with Crippen LogP contribution in [0.4, 0.5) is 0 Å². The maximum Gasteiger partial charge on any atom is 0.252 e. The molecule has 18 heavy (non-hydrogen) atoms. The van der Waals surface area contributed by atoms with E-state index in [-0.39, 0.29) is 6.54 Å². The Kier molecular flexibility index (Phi) is 3.79. The molecule has 8 heteroatoms. The van der Waals surface area contributed by atoms with Crippen LogP contribution in [0.1, 0.15) is 17.6 Å². The molecule has 0 bridgehead atoms. The van der Waals surface area contributed by atoms with Crippen molar-refractivity contribution in [2.75, 3.05) is 7.05 Å². The number of aromatic amines is 1. The van der Waals surface area contributed by atoms with E-state index in [9.17, 15) is 8.42 Å². The van der Waals surface area contributed by atoms with Crippen molar-refractivity contribution in [1.29, 1.82) is 0 Å². The lowest BCUT2D eigenvalue weighted by Crippen LogP contribution is -2.26. The predicted molar refractivity (Wildman–Crippen MR) is 68.7 cm³/mol. The first-order valence-electron chi connectivity index (χ1n) is 5.43. The highest BCUT2D eigenvalue weighted by molar-refractivity contribution is 7.91. The summed E-state index contributed by atoms with van der Waals surface area (Å²) in [5.74, 6) is 0.522. The highest BCUT2D eigenvalue weighted by Gasteiger charge is 2.23. The molecule has 2 rings (SSSR count). The number of hydrogen-bond acceptors (Lipinski definition) is 5. The average Bonchev–Trinajstić information content (AvgIpc) is 2.99. The van der Waals surface area contributed by atoms with E-state index in [1.807, 2.05) is 13.0 Å². The predicted octanol–water partition coefficient (Wildman–Crippen LogP) is 1.25. The van der Waals surface area contributed by atoms with Gasteiger partial charge >= 0.3 is 0 Å². The zero-order chi connectivity index (χ0) is 13.2. The van der Waals surface area contributed by atoms with Crippen LogP contribution in [-0.2, 0) is 23.0 Å². The summed E-state index contributed by atoms with van der Waals surface area (Å²) in [5.41, 5.74) is 0. The first-order chi connectivity index (χ1) is 8.54. The topological polar surface area (TPSA) is 79.0 Å². The molecule has 0 radical (unpaired) electrons. The second kappa shape index (κ2) is 5.17. The minimum atomic E-state index is -3.44. The quantitative estimate of drug-likeness (QED) is 0.897. The van der Waals surface area contributed by atoms with Crippen LogP contribution in [0.15, 0.2) is 22.7 Å².